The van der Waals surface area contributed by atoms with E-state index in [1.54, 1.807) is 5.38 Å². The predicted molar refractivity (Wildman–Crippen MR) is 70.7 cm³/mol. The van der Waals surface area contributed by atoms with Crippen LogP contribution in [0.1, 0.15) is 43.1 Å². The van der Waals surface area contributed by atoms with Gasteiger partial charge in [0.25, 0.3) is 0 Å². The molecule has 1 aliphatic carbocycles. The normalized spacial score (nSPS) is 23.7. The smallest absolute Gasteiger partial charge is 0.230 e. The van der Waals surface area contributed by atoms with Gasteiger partial charge in [-0.3, -0.25) is 9.59 Å². The Morgan fingerprint density at radius 2 is 2.17 bits per heavy atom. The topological polar surface area (TPSA) is 85.1 Å². The highest BCUT2D eigenvalue weighted by molar-refractivity contribution is 7.14. The van der Waals surface area contributed by atoms with Gasteiger partial charge in [0.05, 0.1) is 5.92 Å². The first-order valence-corrected chi connectivity index (χ1v) is 6.99. The number of nitrogens with zero attached hydrogens (tertiary/aromatic N) is 1. The number of aromatic nitrogens is 1. The minimum absolute atomic E-state index is 0.0639. The minimum Gasteiger partial charge on any atom is -0.327 e. The van der Waals surface area contributed by atoms with Gasteiger partial charge in [-0.25, -0.2) is 4.98 Å². The summed E-state index contributed by atoms with van der Waals surface area (Å²) in [5.74, 6) is -0.309. The molecule has 1 amide bonds. The van der Waals surface area contributed by atoms with E-state index in [1.165, 1.54) is 18.3 Å². The first kappa shape index (κ1) is 13.2. The summed E-state index contributed by atoms with van der Waals surface area (Å²) in [7, 11) is 0. The van der Waals surface area contributed by atoms with Gasteiger partial charge >= 0.3 is 0 Å². The Balaban J connectivity index is 1.99. The van der Waals surface area contributed by atoms with Gasteiger partial charge in [-0.15, -0.1) is 11.3 Å². The number of nitrogens with two attached hydrogens (primary N) is 1. The summed E-state index contributed by atoms with van der Waals surface area (Å²) in [5.41, 5.74) is 6.35. The van der Waals surface area contributed by atoms with Crippen molar-refractivity contribution >= 4 is 28.2 Å². The van der Waals surface area contributed by atoms with E-state index >= 15 is 0 Å². The van der Waals surface area contributed by atoms with Crippen LogP contribution in [-0.2, 0) is 4.79 Å². The quantitative estimate of drug-likeness (QED) is 0.818. The molecule has 1 saturated carbocycles. The van der Waals surface area contributed by atoms with Crippen LogP contribution < -0.4 is 11.1 Å². The van der Waals surface area contributed by atoms with Crippen LogP contribution in [0.15, 0.2) is 5.38 Å². The highest BCUT2D eigenvalue weighted by Crippen LogP contribution is 2.25. The number of thiazole rings is 1. The van der Waals surface area contributed by atoms with Gasteiger partial charge in [-0.1, -0.05) is 12.8 Å². The van der Waals surface area contributed by atoms with Crippen molar-refractivity contribution in [2.45, 2.75) is 38.6 Å². The molecule has 1 aromatic heterocycles. The van der Waals surface area contributed by atoms with E-state index in [9.17, 15) is 9.59 Å². The highest BCUT2D eigenvalue weighted by Gasteiger charge is 2.28. The van der Waals surface area contributed by atoms with E-state index in [2.05, 4.69) is 10.3 Å². The Morgan fingerprint density at radius 3 is 2.78 bits per heavy atom. The molecule has 1 fully saturated rings. The second kappa shape index (κ2) is 5.58. The fourth-order valence-corrected chi connectivity index (χ4v) is 2.93. The predicted octanol–water partition coefficient (Wildman–Crippen LogP) is 1.80. The van der Waals surface area contributed by atoms with E-state index in [0.717, 1.165) is 25.7 Å². The third-order valence-electron chi connectivity index (χ3n) is 3.25. The van der Waals surface area contributed by atoms with Gasteiger partial charge in [-0.05, 0) is 12.8 Å². The number of ketones is 1. The molecule has 2 rings (SSSR count). The van der Waals surface area contributed by atoms with Gasteiger partial charge in [0.15, 0.2) is 10.9 Å². The molecule has 18 heavy (non-hydrogen) atoms. The third kappa shape index (κ3) is 2.94. The lowest BCUT2D eigenvalue weighted by Gasteiger charge is -2.26. The molecule has 1 aromatic rings. The van der Waals surface area contributed by atoms with Gasteiger partial charge in [0, 0.05) is 18.3 Å². The first-order chi connectivity index (χ1) is 8.58. The fourth-order valence-electron chi connectivity index (χ4n) is 2.18. The zero-order valence-corrected chi connectivity index (χ0v) is 11.1. The molecule has 6 heteroatoms. The van der Waals surface area contributed by atoms with Crippen LogP contribution in [0.5, 0.6) is 0 Å². The molecule has 0 bridgehead atoms. The summed E-state index contributed by atoms with van der Waals surface area (Å²) in [4.78, 5) is 27.2. The minimum atomic E-state index is -0.136. The third-order valence-corrected chi connectivity index (χ3v) is 4.01. The largest absolute Gasteiger partial charge is 0.327 e. The second-order valence-corrected chi connectivity index (χ2v) is 5.50. The SMILES string of the molecule is CC(=O)c1csc(NC(=O)C2CCCCC2N)n1. The van der Waals surface area contributed by atoms with Gasteiger partial charge < -0.3 is 11.1 Å². The summed E-state index contributed by atoms with van der Waals surface area (Å²) >= 11 is 1.27. The van der Waals surface area contributed by atoms with Crippen molar-refractivity contribution in [3.05, 3.63) is 11.1 Å². The van der Waals surface area contributed by atoms with Crippen LogP contribution in [0.25, 0.3) is 0 Å². The lowest BCUT2D eigenvalue weighted by molar-refractivity contribution is -0.121. The Bertz CT molecular complexity index is 458. The number of hydrogen-bond acceptors (Lipinski definition) is 5. The van der Waals surface area contributed by atoms with Crippen molar-refractivity contribution in [3.63, 3.8) is 0 Å². The number of anilines is 1. The number of Topliss-reactive ketones (excluding diaryl/α,β-unsaturated/α-hetero) is 1. The van der Waals surface area contributed by atoms with E-state index in [0.29, 0.717) is 10.8 Å². The molecule has 98 valence electrons. The fraction of sp³-hybridized carbons (Fsp3) is 0.583. The summed E-state index contributed by atoms with van der Waals surface area (Å²) in [6, 6.07) is -0.0639. The van der Waals surface area contributed by atoms with Gasteiger partial charge in [-0.2, -0.15) is 0 Å². The lowest BCUT2D eigenvalue weighted by Crippen LogP contribution is -2.40. The van der Waals surface area contributed by atoms with Crippen molar-refractivity contribution in [1.82, 2.24) is 4.98 Å². The molecule has 0 aromatic carbocycles. The second-order valence-electron chi connectivity index (χ2n) is 4.64. The summed E-state index contributed by atoms with van der Waals surface area (Å²) in [5, 5.41) is 4.88. The van der Waals surface area contributed by atoms with E-state index in [4.69, 9.17) is 5.73 Å². The van der Waals surface area contributed by atoms with Crippen LogP contribution in [-0.4, -0.2) is 22.7 Å². The molecule has 2 atom stereocenters. The standard InChI is InChI=1S/C12H17N3O2S/c1-7(16)10-6-18-12(14-10)15-11(17)8-4-2-3-5-9(8)13/h6,8-9H,2-5,13H2,1H3,(H,14,15,17). The van der Waals surface area contributed by atoms with E-state index in [1.807, 2.05) is 0 Å². The molecule has 0 spiro atoms. The Morgan fingerprint density at radius 1 is 1.44 bits per heavy atom. The molecule has 3 N–H and O–H groups in total. The number of hydrogen-bond donors (Lipinski definition) is 2. The maximum atomic E-state index is 12.0. The number of amides is 1. The highest BCUT2D eigenvalue weighted by atomic mass is 32.1. The Kier molecular flexibility index (Phi) is 4.08. The van der Waals surface area contributed by atoms with Crippen LogP contribution in [0, 0.1) is 5.92 Å². The first-order valence-electron chi connectivity index (χ1n) is 6.11. The molecule has 1 aliphatic rings. The zero-order chi connectivity index (χ0) is 13.1. The molecule has 0 saturated heterocycles. The summed E-state index contributed by atoms with van der Waals surface area (Å²) < 4.78 is 0. The van der Waals surface area contributed by atoms with Crippen molar-refractivity contribution in [2.24, 2.45) is 11.7 Å². The molecule has 5 nitrogen and oxygen atoms in total. The van der Waals surface area contributed by atoms with E-state index < -0.39 is 0 Å². The molecule has 2 unspecified atom stereocenters. The van der Waals surface area contributed by atoms with Crippen LogP contribution in [0.4, 0.5) is 5.13 Å². The lowest BCUT2D eigenvalue weighted by atomic mass is 9.84. The molecule has 0 aliphatic heterocycles. The van der Waals surface area contributed by atoms with Crippen LogP contribution >= 0.6 is 11.3 Å². The molecular weight excluding hydrogens is 250 g/mol. The van der Waals surface area contributed by atoms with Crippen molar-refractivity contribution in [3.8, 4) is 0 Å². The molecule has 0 radical (unpaired) electrons. The number of carbonyl (C=O) groups is 2. The van der Waals surface area contributed by atoms with Crippen LogP contribution in [0.2, 0.25) is 0 Å². The Hall–Kier alpha value is -1.27. The average molecular weight is 267 g/mol. The van der Waals surface area contributed by atoms with Crippen molar-refractivity contribution in [1.29, 1.82) is 0 Å². The number of rotatable bonds is 3. The van der Waals surface area contributed by atoms with Crippen molar-refractivity contribution in [2.75, 3.05) is 5.32 Å². The zero-order valence-electron chi connectivity index (χ0n) is 10.3. The van der Waals surface area contributed by atoms with Gasteiger partial charge in [0.1, 0.15) is 5.69 Å². The monoisotopic (exact) mass is 267 g/mol. The maximum Gasteiger partial charge on any atom is 0.230 e. The molecular formula is C12H17N3O2S. The van der Waals surface area contributed by atoms with Crippen LogP contribution in [0.3, 0.4) is 0 Å². The summed E-state index contributed by atoms with van der Waals surface area (Å²) in [6.45, 7) is 1.46. The van der Waals surface area contributed by atoms with Crippen molar-refractivity contribution < 1.29 is 9.59 Å². The Labute approximate surface area is 110 Å². The number of carbonyl (C=O) groups excluding carboxylic acids is 2. The average Bonchev–Trinajstić information content (AvgIpc) is 2.78. The molecule has 1 heterocycles. The van der Waals surface area contributed by atoms with E-state index in [-0.39, 0.29) is 23.7 Å². The number of nitrogens with one attached hydrogen (secondary N) is 1. The van der Waals surface area contributed by atoms with Gasteiger partial charge in [0.2, 0.25) is 5.91 Å². The maximum absolute atomic E-state index is 12.0. The summed E-state index contributed by atoms with van der Waals surface area (Å²) in [6.07, 6.45) is 3.87.